The summed E-state index contributed by atoms with van der Waals surface area (Å²) in [6, 6.07) is 0.157. The summed E-state index contributed by atoms with van der Waals surface area (Å²) in [5.41, 5.74) is 0.514. The average Bonchev–Trinajstić information content (AvgIpc) is 3.49. The van der Waals surface area contributed by atoms with Crippen LogP contribution >= 0.6 is 11.6 Å². The SMILES string of the molecule is COC(C)c1c(NC(=O)Nc2cnc(C3CC3)c(C(F)(F)F)c2)cnc(C)c1Cl. The van der Waals surface area contributed by atoms with Gasteiger partial charge in [-0.2, -0.15) is 13.2 Å². The molecule has 1 saturated carbocycles. The van der Waals surface area contributed by atoms with Gasteiger partial charge in [-0.3, -0.25) is 9.97 Å². The molecular formula is C19H20ClF3N4O2. The molecule has 0 radical (unpaired) electrons. The highest BCUT2D eigenvalue weighted by atomic mass is 35.5. The predicted molar refractivity (Wildman–Crippen MR) is 103 cm³/mol. The maximum absolute atomic E-state index is 13.4. The number of pyridine rings is 2. The number of aryl methyl sites for hydroxylation is 1. The molecule has 156 valence electrons. The Labute approximate surface area is 170 Å². The van der Waals surface area contributed by atoms with E-state index in [9.17, 15) is 18.0 Å². The predicted octanol–water partition coefficient (Wildman–Crippen LogP) is 5.69. The van der Waals surface area contributed by atoms with Crippen LogP contribution in [0.1, 0.15) is 54.3 Å². The van der Waals surface area contributed by atoms with Gasteiger partial charge in [0.2, 0.25) is 0 Å². The number of anilines is 2. The third kappa shape index (κ3) is 4.79. The second-order valence-corrected chi connectivity index (χ2v) is 7.25. The van der Waals surface area contributed by atoms with Gasteiger partial charge < -0.3 is 15.4 Å². The number of urea groups is 1. The first-order valence-corrected chi connectivity index (χ1v) is 9.32. The van der Waals surface area contributed by atoms with Crippen molar-refractivity contribution < 1.29 is 22.7 Å². The van der Waals surface area contributed by atoms with Gasteiger partial charge in [0.1, 0.15) is 0 Å². The first-order valence-electron chi connectivity index (χ1n) is 8.94. The highest BCUT2D eigenvalue weighted by Crippen LogP contribution is 2.45. The van der Waals surface area contributed by atoms with Crippen molar-refractivity contribution >= 4 is 29.0 Å². The summed E-state index contributed by atoms with van der Waals surface area (Å²) in [6.07, 6.45) is -0.969. The molecule has 1 aliphatic rings. The van der Waals surface area contributed by atoms with Crippen molar-refractivity contribution in [2.75, 3.05) is 17.7 Å². The monoisotopic (exact) mass is 428 g/mol. The van der Waals surface area contributed by atoms with Crippen LogP contribution in [0.3, 0.4) is 0 Å². The first-order chi connectivity index (χ1) is 13.6. The number of nitrogens with one attached hydrogen (secondary N) is 2. The normalized spacial score (nSPS) is 15.1. The molecule has 1 atom stereocenters. The highest BCUT2D eigenvalue weighted by molar-refractivity contribution is 6.32. The molecule has 2 aromatic rings. The molecule has 3 rings (SSSR count). The fourth-order valence-corrected chi connectivity index (χ4v) is 3.26. The Bertz CT molecular complexity index is 932. The number of methoxy groups -OCH3 is 1. The molecule has 10 heteroatoms. The zero-order chi connectivity index (χ0) is 21.3. The lowest BCUT2D eigenvalue weighted by atomic mass is 10.1. The molecule has 0 bridgehead atoms. The Morgan fingerprint density at radius 2 is 1.97 bits per heavy atom. The van der Waals surface area contributed by atoms with E-state index < -0.39 is 23.9 Å². The molecule has 0 saturated heterocycles. The molecule has 0 aromatic carbocycles. The number of halogens is 4. The number of amides is 2. The minimum absolute atomic E-state index is 0.0224. The van der Waals surface area contributed by atoms with Crippen molar-refractivity contribution in [2.45, 2.75) is 44.9 Å². The molecule has 2 aromatic heterocycles. The van der Waals surface area contributed by atoms with Crippen LogP contribution in [0, 0.1) is 6.92 Å². The average molecular weight is 429 g/mol. The molecule has 1 fully saturated rings. The molecule has 6 nitrogen and oxygen atoms in total. The molecule has 29 heavy (non-hydrogen) atoms. The van der Waals surface area contributed by atoms with Crippen molar-refractivity contribution in [2.24, 2.45) is 0 Å². The number of hydrogen-bond acceptors (Lipinski definition) is 4. The number of aromatic nitrogens is 2. The summed E-state index contributed by atoms with van der Waals surface area (Å²) in [7, 11) is 1.49. The summed E-state index contributed by atoms with van der Waals surface area (Å²) in [5, 5.41) is 5.29. The fourth-order valence-electron chi connectivity index (χ4n) is 2.95. The molecule has 0 aliphatic heterocycles. The van der Waals surface area contributed by atoms with E-state index >= 15 is 0 Å². The number of carbonyl (C=O) groups excluding carboxylic acids is 1. The Morgan fingerprint density at radius 1 is 1.28 bits per heavy atom. The molecule has 2 N–H and O–H groups in total. The van der Waals surface area contributed by atoms with E-state index in [0.29, 0.717) is 34.8 Å². The number of hydrogen-bond donors (Lipinski definition) is 2. The van der Waals surface area contributed by atoms with Gasteiger partial charge in [0.15, 0.2) is 0 Å². The van der Waals surface area contributed by atoms with Gasteiger partial charge in [0.05, 0.1) is 51.8 Å². The van der Waals surface area contributed by atoms with E-state index in [2.05, 4.69) is 20.6 Å². The lowest BCUT2D eigenvalue weighted by Gasteiger charge is -2.19. The van der Waals surface area contributed by atoms with E-state index in [0.717, 1.165) is 6.07 Å². The summed E-state index contributed by atoms with van der Waals surface area (Å²) >= 11 is 6.29. The van der Waals surface area contributed by atoms with Gasteiger partial charge >= 0.3 is 12.2 Å². The van der Waals surface area contributed by atoms with Crippen LogP contribution in [-0.4, -0.2) is 23.1 Å². The third-order valence-electron chi connectivity index (χ3n) is 4.69. The van der Waals surface area contributed by atoms with Crippen molar-refractivity contribution in [3.05, 3.63) is 46.0 Å². The number of ether oxygens (including phenoxy) is 1. The van der Waals surface area contributed by atoms with Gasteiger partial charge in [0.25, 0.3) is 0 Å². The lowest BCUT2D eigenvalue weighted by molar-refractivity contribution is -0.138. The quantitative estimate of drug-likeness (QED) is 0.641. The number of rotatable bonds is 5. The Hall–Kier alpha value is -2.39. The van der Waals surface area contributed by atoms with Crippen LogP contribution < -0.4 is 10.6 Å². The standard InChI is InChI=1S/C19H20ClF3N4O2/c1-9-16(20)15(10(2)29-3)14(8-24-9)27-18(28)26-12-6-13(19(21,22)23)17(25-7-12)11-4-5-11/h6-8,10-11H,4-5H2,1-3H3,(H2,26,27,28). The zero-order valence-corrected chi connectivity index (χ0v) is 16.8. The molecular weight excluding hydrogens is 409 g/mol. The van der Waals surface area contributed by atoms with Crippen LogP contribution in [0.25, 0.3) is 0 Å². The fraction of sp³-hybridized carbons (Fsp3) is 0.421. The van der Waals surface area contributed by atoms with Crippen molar-refractivity contribution in [1.82, 2.24) is 9.97 Å². The smallest absolute Gasteiger partial charge is 0.377 e. The van der Waals surface area contributed by atoms with Crippen LogP contribution in [0.4, 0.5) is 29.3 Å². The van der Waals surface area contributed by atoms with E-state index in [1.54, 1.807) is 13.8 Å². The second-order valence-electron chi connectivity index (χ2n) is 6.87. The van der Waals surface area contributed by atoms with Gasteiger partial charge in [-0.05, 0) is 32.8 Å². The maximum Gasteiger partial charge on any atom is 0.418 e. The summed E-state index contributed by atoms with van der Waals surface area (Å²) in [4.78, 5) is 20.4. The first kappa shape index (κ1) is 21.3. The minimum atomic E-state index is -4.55. The topological polar surface area (TPSA) is 76.1 Å². The number of alkyl halides is 3. The molecule has 2 heterocycles. The van der Waals surface area contributed by atoms with E-state index in [1.165, 1.54) is 19.5 Å². The van der Waals surface area contributed by atoms with Crippen LogP contribution in [0.15, 0.2) is 18.5 Å². The van der Waals surface area contributed by atoms with Crippen molar-refractivity contribution in [1.29, 1.82) is 0 Å². The summed E-state index contributed by atoms with van der Waals surface area (Å²) < 4.78 is 45.4. The number of nitrogens with zero attached hydrogens (tertiary/aromatic N) is 2. The van der Waals surface area contributed by atoms with Crippen molar-refractivity contribution in [3.63, 3.8) is 0 Å². The van der Waals surface area contributed by atoms with E-state index in [-0.39, 0.29) is 17.3 Å². The molecule has 2 amide bonds. The Kier molecular flexibility index (Phi) is 6.00. The Morgan fingerprint density at radius 3 is 2.55 bits per heavy atom. The third-order valence-corrected chi connectivity index (χ3v) is 5.16. The van der Waals surface area contributed by atoms with Crippen LogP contribution in [-0.2, 0) is 10.9 Å². The largest absolute Gasteiger partial charge is 0.418 e. The van der Waals surface area contributed by atoms with Crippen molar-refractivity contribution in [3.8, 4) is 0 Å². The molecule has 0 spiro atoms. The van der Waals surface area contributed by atoms with Gasteiger partial charge in [0, 0.05) is 18.6 Å². The number of carbonyl (C=O) groups is 1. The molecule has 1 aliphatic carbocycles. The van der Waals surface area contributed by atoms with Crippen LogP contribution in [0.2, 0.25) is 5.02 Å². The van der Waals surface area contributed by atoms with Gasteiger partial charge in [-0.25, -0.2) is 4.79 Å². The van der Waals surface area contributed by atoms with Gasteiger partial charge in [-0.15, -0.1) is 0 Å². The van der Waals surface area contributed by atoms with E-state index in [4.69, 9.17) is 16.3 Å². The minimum Gasteiger partial charge on any atom is -0.377 e. The van der Waals surface area contributed by atoms with E-state index in [1.807, 2.05) is 0 Å². The second kappa shape index (κ2) is 8.16. The maximum atomic E-state index is 13.4. The molecule has 1 unspecified atom stereocenters. The zero-order valence-electron chi connectivity index (χ0n) is 16.0. The lowest BCUT2D eigenvalue weighted by Crippen LogP contribution is -2.22. The van der Waals surface area contributed by atoms with Gasteiger partial charge in [-0.1, -0.05) is 11.6 Å². The Balaban J connectivity index is 1.82. The highest BCUT2D eigenvalue weighted by Gasteiger charge is 2.39. The summed E-state index contributed by atoms with van der Waals surface area (Å²) in [6.45, 7) is 3.46. The summed E-state index contributed by atoms with van der Waals surface area (Å²) in [5.74, 6) is -0.173. The van der Waals surface area contributed by atoms with Crippen LogP contribution in [0.5, 0.6) is 0 Å².